The number of aliphatic hydroxyl groups excluding tert-OH is 1. The summed E-state index contributed by atoms with van der Waals surface area (Å²) in [5.74, 6) is 0.245. The van der Waals surface area contributed by atoms with E-state index in [1.165, 1.54) is 18.6 Å². The van der Waals surface area contributed by atoms with Crippen LogP contribution >= 0.6 is 0 Å². The predicted molar refractivity (Wildman–Crippen MR) is 63.6 cm³/mol. The number of halogens is 1. The van der Waals surface area contributed by atoms with Crippen molar-refractivity contribution in [3.05, 3.63) is 29.6 Å². The molecule has 1 unspecified atom stereocenters. The molecule has 2 N–H and O–H groups in total. The molecule has 1 aliphatic carbocycles. The van der Waals surface area contributed by atoms with Gasteiger partial charge >= 0.3 is 0 Å². The van der Waals surface area contributed by atoms with Gasteiger partial charge in [-0.2, -0.15) is 0 Å². The van der Waals surface area contributed by atoms with Gasteiger partial charge in [-0.05, 0) is 44.5 Å². The van der Waals surface area contributed by atoms with E-state index in [1.807, 2.05) is 0 Å². The lowest BCUT2D eigenvalue weighted by molar-refractivity contribution is 0.110. The predicted octanol–water partition coefficient (Wildman–Crippen LogP) is 2.01. The number of hydrogen-bond acceptors (Lipinski definition) is 3. The Hall–Kier alpha value is -1.13. The highest BCUT2D eigenvalue weighted by molar-refractivity contribution is 5.36. The average molecular weight is 239 g/mol. The van der Waals surface area contributed by atoms with Crippen LogP contribution in [0.5, 0.6) is 5.75 Å². The fraction of sp³-hybridized carbons (Fsp3) is 0.538. The standard InChI is InChI=1S/C13H18FNO2/c1-15-8-12(16)11-7-9(14)5-6-13(11)17-10-3-2-4-10/h5-7,10,12,15-16H,2-4,8H2,1H3. The molecule has 0 radical (unpaired) electrons. The third-order valence-electron chi connectivity index (χ3n) is 3.07. The zero-order valence-corrected chi connectivity index (χ0v) is 9.95. The van der Waals surface area contributed by atoms with Gasteiger partial charge in [-0.15, -0.1) is 0 Å². The molecule has 0 heterocycles. The van der Waals surface area contributed by atoms with Gasteiger partial charge in [0.05, 0.1) is 12.2 Å². The van der Waals surface area contributed by atoms with Crippen LogP contribution in [0.25, 0.3) is 0 Å². The normalized spacial score (nSPS) is 17.6. The summed E-state index contributed by atoms with van der Waals surface area (Å²) >= 11 is 0. The van der Waals surface area contributed by atoms with Crippen LogP contribution in [0.4, 0.5) is 4.39 Å². The molecule has 1 aromatic rings. The van der Waals surface area contributed by atoms with Gasteiger partial charge in [0.15, 0.2) is 0 Å². The first-order valence-electron chi connectivity index (χ1n) is 5.99. The molecule has 1 atom stereocenters. The Labute approximate surface area is 101 Å². The Balaban J connectivity index is 2.16. The maximum absolute atomic E-state index is 13.2. The van der Waals surface area contributed by atoms with Crippen LogP contribution in [-0.2, 0) is 0 Å². The summed E-state index contributed by atoms with van der Waals surface area (Å²) in [5.41, 5.74) is 0.520. The highest BCUT2D eigenvalue weighted by atomic mass is 19.1. The second-order valence-corrected chi connectivity index (χ2v) is 4.43. The number of benzene rings is 1. The fourth-order valence-electron chi connectivity index (χ4n) is 1.86. The fourth-order valence-corrected chi connectivity index (χ4v) is 1.86. The molecule has 0 saturated heterocycles. The first kappa shape index (κ1) is 12.3. The van der Waals surface area contributed by atoms with Gasteiger partial charge in [0.25, 0.3) is 0 Å². The van der Waals surface area contributed by atoms with E-state index in [0.717, 1.165) is 12.8 Å². The van der Waals surface area contributed by atoms with Crippen molar-refractivity contribution in [3.8, 4) is 5.75 Å². The maximum atomic E-state index is 13.2. The molecule has 1 aliphatic rings. The van der Waals surface area contributed by atoms with Gasteiger partial charge in [-0.25, -0.2) is 4.39 Å². The van der Waals surface area contributed by atoms with E-state index in [0.29, 0.717) is 17.9 Å². The topological polar surface area (TPSA) is 41.5 Å². The van der Waals surface area contributed by atoms with E-state index in [2.05, 4.69) is 5.32 Å². The summed E-state index contributed by atoms with van der Waals surface area (Å²) in [7, 11) is 1.75. The lowest BCUT2D eigenvalue weighted by Gasteiger charge is -2.28. The molecule has 2 rings (SSSR count). The van der Waals surface area contributed by atoms with E-state index in [4.69, 9.17) is 4.74 Å². The quantitative estimate of drug-likeness (QED) is 0.826. The van der Waals surface area contributed by atoms with Crippen LogP contribution in [0.2, 0.25) is 0 Å². The summed E-state index contributed by atoms with van der Waals surface area (Å²) in [6.07, 6.45) is 2.74. The first-order valence-corrected chi connectivity index (χ1v) is 5.99. The lowest BCUT2D eigenvalue weighted by atomic mass is 9.96. The Morgan fingerprint density at radius 2 is 2.29 bits per heavy atom. The minimum Gasteiger partial charge on any atom is -0.490 e. The summed E-state index contributed by atoms with van der Waals surface area (Å²) in [5, 5.41) is 12.8. The molecule has 0 amide bonds. The number of aliphatic hydroxyl groups is 1. The molecule has 3 nitrogen and oxygen atoms in total. The molecular weight excluding hydrogens is 221 g/mol. The van der Waals surface area contributed by atoms with Crippen molar-refractivity contribution in [1.29, 1.82) is 0 Å². The number of likely N-dealkylation sites (N-methyl/N-ethyl adjacent to an activating group) is 1. The van der Waals surface area contributed by atoms with Gasteiger partial charge in [-0.1, -0.05) is 0 Å². The van der Waals surface area contributed by atoms with Gasteiger partial charge in [-0.3, -0.25) is 0 Å². The summed E-state index contributed by atoms with van der Waals surface area (Å²) in [6.45, 7) is 0.379. The molecule has 94 valence electrons. The smallest absolute Gasteiger partial charge is 0.125 e. The third-order valence-corrected chi connectivity index (χ3v) is 3.07. The van der Waals surface area contributed by atoms with E-state index in [-0.39, 0.29) is 11.9 Å². The SMILES string of the molecule is CNCC(O)c1cc(F)ccc1OC1CCC1. The van der Waals surface area contributed by atoms with Crippen LogP contribution in [0.3, 0.4) is 0 Å². The van der Waals surface area contributed by atoms with Crippen molar-refractivity contribution in [3.63, 3.8) is 0 Å². The molecule has 0 bridgehead atoms. The zero-order chi connectivity index (χ0) is 12.3. The summed E-state index contributed by atoms with van der Waals surface area (Å²) < 4.78 is 18.9. The zero-order valence-electron chi connectivity index (χ0n) is 9.95. The van der Waals surface area contributed by atoms with Crippen LogP contribution in [0.15, 0.2) is 18.2 Å². The molecule has 17 heavy (non-hydrogen) atoms. The molecule has 0 spiro atoms. The summed E-state index contributed by atoms with van der Waals surface area (Å²) in [4.78, 5) is 0. The Kier molecular flexibility index (Phi) is 3.97. The Morgan fingerprint density at radius 1 is 1.53 bits per heavy atom. The lowest BCUT2D eigenvalue weighted by Crippen LogP contribution is -2.26. The number of rotatable bonds is 5. The summed E-state index contributed by atoms with van der Waals surface area (Å²) in [6, 6.07) is 4.31. The van der Waals surface area contributed by atoms with Crippen LogP contribution in [0, 0.1) is 5.82 Å². The van der Waals surface area contributed by atoms with Gasteiger partial charge in [0.2, 0.25) is 0 Å². The Morgan fingerprint density at radius 3 is 2.88 bits per heavy atom. The van der Waals surface area contributed by atoms with Crippen molar-refractivity contribution in [2.24, 2.45) is 0 Å². The van der Waals surface area contributed by atoms with E-state index in [1.54, 1.807) is 13.1 Å². The van der Waals surface area contributed by atoms with Crippen LogP contribution in [0.1, 0.15) is 30.9 Å². The van der Waals surface area contributed by atoms with Crippen LogP contribution < -0.4 is 10.1 Å². The number of hydrogen-bond donors (Lipinski definition) is 2. The van der Waals surface area contributed by atoms with E-state index >= 15 is 0 Å². The minimum atomic E-state index is -0.745. The highest BCUT2D eigenvalue weighted by Crippen LogP contribution is 2.31. The maximum Gasteiger partial charge on any atom is 0.125 e. The minimum absolute atomic E-state index is 0.223. The number of ether oxygens (including phenoxy) is 1. The monoisotopic (exact) mass is 239 g/mol. The molecule has 0 aromatic heterocycles. The third kappa shape index (κ3) is 2.96. The van der Waals surface area contributed by atoms with Gasteiger partial charge in [0, 0.05) is 12.1 Å². The van der Waals surface area contributed by atoms with Crippen LogP contribution in [-0.4, -0.2) is 24.8 Å². The largest absolute Gasteiger partial charge is 0.490 e. The highest BCUT2D eigenvalue weighted by Gasteiger charge is 2.22. The van der Waals surface area contributed by atoms with Crippen molar-refractivity contribution >= 4 is 0 Å². The van der Waals surface area contributed by atoms with Crippen molar-refractivity contribution < 1.29 is 14.2 Å². The second-order valence-electron chi connectivity index (χ2n) is 4.43. The van der Waals surface area contributed by atoms with Crippen molar-refractivity contribution in [2.45, 2.75) is 31.5 Å². The second kappa shape index (κ2) is 5.47. The Bertz CT molecular complexity index is 380. The van der Waals surface area contributed by atoms with Crippen molar-refractivity contribution in [2.75, 3.05) is 13.6 Å². The molecule has 1 saturated carbocycles. The van der Waals surface area contributed by atoms with E-state index in [9.17, 15) is 9.50 Å². The van der Waals surface area contributed by atoms with Gasteiger partial charge in [0.1, 0.15) is 11.6 Å². The van der Waals surface area contributed by atoms with E-state index < -0.39 is 6.10 Å². The molecule has 4 heteroatoms. The molecular formula is C13H18FNO2. The van der Waals surface area contributed by atoms with Gasteiger partial charge < -0.3 is 15.2 Å². The number of nitrogens with one attached hydrogen (secondary N) is 1. The molecule has 1 aromatic carbocycles. The van der Waals surface area contributed by atoms with Crippen molar-refractivity contribution in [1.82, 2.24) is 5.32 Å². The first-order chi connectivity index (χ1) is 8.20. The molecule has 0 aliphatic heterocycles. The molecule has 1 fully saturated rings. The average Bonchev–Trinajstić information content (AvgIpc) is 2.25.